The standard InChI is InChI=1S/C14H23N3O3/c1-20-14(19)17-9-7-16(8-10-17)13(18)15-11-12-5-3-2-4-6-12/h11H,2-10H2,1H3,(H,15,18). The number of nitrogens with one attached hydrogen (secondary N) is 1. The molecule has 2 fully saturated rings. The molecule has 112 valence electrons. The fourth-order valence-corrected chi connectivity index (χ4v) is 2.63. The number of rotatable bonds is 1. The number of allylic oxidation sites excluding steroid dienone is 1. The Morgan fingerprint density at radius 1 is 1.05 bits per heavy atom. The molecule has 0 aromatic carbocycles. The predicted octanol–water partition coefficient (Wildman–Crippen LogP) is 1.93. The van der Waals surface area contributed by atoms with Crippen molar-refractivity contribution in [1.29, 1.82) is 0 Å². The topological polar surface area (TPSA) is 61.9 Å². The Bertz CT molecular complexity index is 379. The van der Waals surface area contributed by atoms with Crippen molar-refractivity contribution < 1.29 is 14.3 Å². The van der Waals surface area contributed by atoms with Crippen LogP contribution in [0.4, 0.5) is 9.59 Å². The van der Waals surface area contributed by atoms with Crippen molar-refractivity contribution in [2.75, 3.05) is 33.3 Å². The third-order valence-corrected chi connectivity index (χ3v) is 3.90. The summed E-state index contributed by atoms with van der Waals surface area (Å²) < 4.78 is 4.67. The van der Waals surface area contributed by atoms with Crippen molar-refractivity contribution >= 4 is 12.1 Å². The summed E-state index contributed by atoms with van der Waals surface area (Å²) in [6, 6.07) is -0.0763. The minimum atomic E-state index is -0.325. The highest BCUT2D eigenvalue weighted by Crippen LogP contribution is 2.21. The Balaban J connectivity index is 1.75. The van der Waals surface area contributed by atoms with Crippen LogP contribution in [0.5, 0.6) is 0 Å². The van der Waals surface area contributed by atoms with Crippen LogP contribution >= 0.6 is 0 Å². The van der Waals surface area contributed by atoms with E-state index in [0.29, 0.717) is 26.2 Å². The van der Waals surface area contributed by atoms with Gasteiger partial charge >= 0.3 is 12.1 Å². The second-order valence-electron chi connectivity index (χ2n) is 5.26. The molecule has 20 heavy (non-hydrogen) atoms. The first-order chi connectivity index (χ1) is 9.70. The minimum absolute atomic E-state index is 0.0763. The quantitative estimate of drug-likeness (QED) is 0.799. The molecule has 0 bridgehead atoms. The van der Waals surface area contributed by atoms with E-state index in [-0.39, 0.29) is 12.1 Å². The molecule has 1 heterocycles. The zero-order valence-corrected chi connectivity index (χ0v) is 12.1. The third kappa shape index (κ3) is 3.88. The van der Waals surface area contributed by atoms with Crippen LogP contribution in [0.15, 0.2) is 11.8 Å². The maximum atomic E-state index is 12.0. The summed E-state index contributed by atoms with van der Waals surface area (Å²) >= 11 is 0. The molecule has 6 heteroatoms. The summed E-state index contributed by atoms with van der Waals surface area (Å²) in [4.78, 5) is 26.7. The fourth-order valence-electron chi connectivity index (χ4n) is 2.63. The number of hydrogen-bond acceptors (Lipinski definition) is 3. The zero-order valence-electron chi connectivity index (χ0n) is 12.1. The first-order valence-corrected chi connectivity index (χ1v) is 7.27. The van der Waals surface area contributed by atoms with Crippen LogP contribution in [0.2, 0.25) is 0 Å². The molecule has 1 N–H and O–H groups in total. The number of piperazine rings is 1. The van der Waals surface area contributed by atoms with Crippen LogP contribution in [0.1, 0.15) is 32.1 Å². The van der Waals surface area contributed by atoms with E-state index >= 15 is 0 Å². The summed E-state index contributed by atoms with van der Waals surface area (Å²) in [5, 5.41) is 2.87. The molecule has 1 saturated carbocycles. The minimum Gasteiger partial charge on any atom is -0.453 e. The number of urea groups is 1. The van der Waals surface area contributed by atoms with Gasteiger partial charge in [0.2, 0.25) is 0 Å². The Hall–Kier alpha value is -1.72. The van der Waals surface area contributed by atoms with E-state index in [1.165, 1.54) is 31.9 Å². The average molecular weight is 281 g/mol. The van der Waals surface area contributed by atoms with Gasteiger partial charge in [0, 0.05) is 32.4 Å². The highest BCUT2D eigenvalue weighted by Gasteiger charge is 2.24. The number of methoxy groups -OCH3 is 1. The first-order valence-electron chi connectivity index (χ1n) is 7.27. The average Bonchev–Trinajstić information content (AvgIpc) is 2.53. The predicted molar refractivity (Wildman–Crippen MR) is 75.3 cm³/mol. The van der Waals surface area contributed by atoms with Gasteiger partial charge in [0.05, 0.1) is 7.11 Å². The Morgan fingerprint density at radius 2 is 1.65 bits per heavy atom. The van der Waals surface area contributed by atoms with Gasteiger partial charge in [-0.25, -0.2) is 9.59 Å². The zero-order chi connectivity index (χ0) is 14.4. The van der Waals surface area contributed by atoms with Gasteiger partial charge in [-0.3, -0.25) is 0 Å². The summed E-state index contributed by atoms with van der Waals surface area (Å²) in [5.41, 5.74) is 1.33. The lowest BCUT2D eigenvalue weighted by Gasteiger charge is -2.33. The fraction of sp³-hybridized carbons (Fsp3) is 0.714. The highest BCUT2D eigenvalue weighted by molar-refractivity contribution is 5.76. The normalized spacial score (nSPS) is 19.6. The number of carbonyl (C=O) groups is 2. The van der Waals surface area contributed by atoms with Gasteiger partial charge in [-0.05, 0) is 25.7 Å². The molecule has 6 nitrogen and oxygen atoms in total. The third-order valence-electron chi connectivity index (χ3n) is 3.90. The van der Waals surface area contributed by atoms with Crippen molar-refractivity contribution in [3.05, 3.63) is 11.8 Å². The molecule has 2 aliphatic rings. The van der Waals surface area contributed by atoms with Gasteiger partial charge in [0.1, 0.15) is 0 Å². The van der Waals surface area contributed by atoms with Crippen molar-refractivity contribution in [2.45, 2.75) is 32.1 Å². The molecule has 1 aliphatic heterocycles. The smallest absolute Gasteiger partial charge is 0.409 e. The molecule has 1 saturated heterocycles. The molecule has 1 aliphatic carbocycles. The molecule has 0 unspecified atom stereocenters. The van der Waals surface area contributed by atoms with Crippen LogP contribution in [0.3, 0.4) is 0 Å². The van der Waals surface area contributed by atoms with Gasteiger partial charge in [-0.15, -0.1) is 0 Å². The molecule has 0 aromatic heterocycles. The van der Waals surface area contributed by atoms with E-state index < -0.39 is 0 Å². The number of nitrogens with zero attached hydrogens (tertiary/aromatic N) is 2. The van der Waals surface area contributed by atoms with Crippen LogP contribution in [-0.2, 0) is 4.74 Å². The van der Waals surface area contributed by atoms with E-state index in [0.717, 1.165) is 12.8 Å². The van der Waals surface area contributed by atoms with Gasteiger partial charge in [0.25, 0.3) is 0 Å². The summed E-state index contributed by atoms with van der Waals surface area (Å²) in [6.45, 7) is 2.14. The van der Waals surface area contributed by atoms with E-state index in [1.54, 1.807) is 9.80 Å². The number of ether oxygens (including phenoxy) is 1. The Kier molecular flexibility index (Phi) is 5.26. The summed E-state index contributed by atoms with van der Waals surface area (Å²) in [6.07, 6.45) is 7.47. The molecule has 0 atom stereocenters. The Labute approximate surface area is 119 Å². The molecule has 2 rings (SSSR count). The van der Waals surface area contributed by atoms with Crippen molar-refractivity contribution in [3.8, 4) is 0 Å². The summed E-state index contributed by atoms with van der Waals surface area (Å²) in [7, 11) is 1.37. The van der Waals surface area contributed by atoms with Crippen molar-refractivity contribution in [1.82, 2.24) is 15.1 Å². The van der Waals surface area contributed by atoms with Crippen molar-refractivity contribution in [2.24, 2.45) is 0 Å². The van der Waals surface area contributed by atoms with Gasteiger partial charge in [-0.1, -0.05) is 12.0 Å². The van der Waals surface area contributed by atoms with Crippen LogP contribution < -0.4 is 5.32 Å². The van der Waals surface area contributed by atoms with E-state index in [9.17, 15) is 9.59 Å². The second-order valence-corrected chi connectivity index (χ2v) is 5.26. The highest BCUT2D eigenvalue weighted by atomic mass is 16.5. The number of amides is 3. The Morgan fingerprint density at radius 3 is 2.25 bits per heavy atom. The molecular weight excluding hydrogens is 258 g/mol. The number of hydrogen-bond donors (Lipinski definition) is 1. The van der Waals surface area contributed by atoms with E-state index in [4.69, 9.17) is 0 Å². The second kappa shape index (κ2) is 7.17. The monoisotopic (exact) mass is 281 g/mol. The molecule has 0 spiro atoms. The van der Waals surface area contributed by atoms with Crippen LogP contribution in [0.25, 0.3) is 0 Å². The molecule has 0 aromatic rings. The first kappa shape index (κ1) is 14.7. The lowest BCUT2D eigenvalue weighted by Crippen LogP contribution is -2.52. The van der Waals surface area contributed by atoms with Crippen molar-refractivity contribution in [3.63, 3.8) is 0 Å². The van der Waals surface area contributed by atoms with Gasteiger partial charge < -0.3 is 19.9 Å². The summed E-state index contributed by atoms with van der Waals surface area (Å²) in [5.74, 6) is 0. The number of carbonyl (C=O) groups excluding carboxylic acids is 2. The lowest BCUT2D eigenvalue weighted by molar-refractivity contribution is 0.0976. The maximum absolute atomic E-state index is 12.0. The van der Waals surface area contributed by atoms with Crippen LogP contribution in [-0.4, -0.2) is 55.2 Å². The maximum Gasteiger partial charge on any atom is 0.409 e. The largest absolute Gasteiger partial charge is 0.453 e. The van der Waals surface area contributed by atoms with Gasteiger partial charge in [0.15, 0.2) is 0 Å². The van der Waals surface area contributed by atoms with E-state index in [1.807, 2.05) is 6.20 Å². The van der Waals surface area contributed by atoms with E-state index in [2.05, 4.69) is 10.1 Å². The lowest BCUT2D eigenvalue weighted by atomic mass is 9.96. The SMILES string of the molecule is COC(=O)N1CCN(C(=O)NC=C2CCCCC2)CC1. The van der Waals surface area contributed by atoms with Gasteiger partial charge in [-0.2, -0.15) is 0 Å². The molecule has 3 amide bonds. The molecule has 0 radical (unpaired) electrons. The van der Waals surface area contributed by atoms with Crippen LogP contribution in [0, 0.1) is 0 Å². The molecular formula is C14H23N3O3.